The molecule has 124 valence electrons. The fraction of sp³-hybridized carbons (Fsp3) is 0.400. The number of carbonyl (C=O) groups is 3. The summed E-state index contributed by atoms with van der Waals surface area (Å²) >= 11 is 0. The van der Waals surface area contributed by atoms with Crippen LogP contribution in [0.3, 0.4) is 0 Å². The highest BCUT2D eigenvalue weighted by Crippen LogP contribution is 2.26. The summed E-state index contributed by atoms with van der Waals surface area (Å²) in [6.07, 6.45) is 0.318. The Labute approximate surface area is 130 Å². The molecule has 0 spiro atoms. The van der Waals surface area contributed by atoms with Crippen LogP contribution in [0.1, 0.15) is 20.3 Å². The fourth-order valence-corrected chi connectivity index (χ4v) is 2.64. The van der Waals surface area contributed by atoms with E-state index >= 15 is 0 Å². The molecule has 1 heterocycles. The molecule has 0 aliphatic carbocycles. The molecule has 2 rings (SSSR count). The van der Waals surface area contributed by atoms with Crippen LogP contribution in [0.5, 0.6) is 0 Å². The van der Waals surface area contributed by atoms with Gasteiger partial charge in [0.2, 0.25) is 11.7 Å². The summed E-state index contributed by atoms with van der Waals surface area (Å²) in [7, 11) is 0. The maximum atomic E-state index is 13.1. The average Bonchev–Trinajstić information content (AvgIpc) is 2.85. The molecule has 1 aliphatic rings. The normalized spacial score (nSPS) is 20.5. The number of amides is 2. The minimum atomic E-state index is -1.62. The molecule has 1 fully saturated rings. The van der Waals surface area contributed by atoms with Crippen LogP contribution in [0.25, 0.3) is 0 Å². The first-order chi connectivity index (χ1) is 10.7. The predicted octanol–water partition coefficient (Wildman–Crippen LogP) is 1.87. The number of nitrogens with one attached hydrogen (secondary N) is 1. The highest BCUT2D eigenvalue weighted by Gasteiger charge is 2.39. The molecule has 0 saturated carbocycles. The summed E-state index contributed by atoms with van der Waals surface area (Å²) in [6.45, 7) is 3.00. The van der Waals surface area contributed by atoms with E-state index < -0.39 is 47.0 Å². The SMILES string of the molecule is CC(=O)C(=O)N1CC[C@H](C(=O)Nc2cc(F)c(F)c(F)c2)[C@@H]1C. The molecule has 2 atom stereocenters. The second-order valence-electron chi connectivity index (χ2n) is 5.43. The van der Waals surface area contributed by atoms with Gasteiger partial charge in [0.25, 0.3) is 5.91 Å². The summed E-state index contributed by atoms with van der Waals surface area (Å²) in [4.78, 5) is 36.3. The molecule has 5 nitrogen and oxygen atoms in total. The number of halogens is 3. The van der Waals surface area contributed by atoms with Gasteiger partial charge in [-0.2, -0.15) is 0 Å². The van der Waals surface area contributed by atoms with E-state index in [0.717, 1.165) is 6.92 Å². The number of carbonyl (C=O) groups excluding carboxylic acids is 3. The molecule has 0 bridgehead atoms. The smallest absolute Gasteiger partial charge is 0.289 e. The number of anilines is 1. The van der Waals surface area contributed by atoms with Crippen molar-refractivity contribution in [2.24, 2.45) is 5.92 Å². The molecule has 1 N–H and O–H groups in total. The van der Waals surface area contributed by atoms with Gasteiger partial charge in [-0.15, -0.1) is 0 Å². The number of nitrogens with zero attached hydrogens (tertiary/aromatic N) is 1. The lowest BCUT2D eigenvalue weighted by Gasteiger charge is -2.23. The molecule has 1 saturated heterocycles. The lowest BCUT2D eigenvalue weighted by atomic mass is 10.0. The summed E-state index contributed by atoms with van der Waals surface area (Å²) in [5, 5.41) is 2.30. The minimum Gasteiger partial charge on any atom is -0.333 e. The van der Waals surface area contributed by atoms with Gasteiger partial charge in [0.15, 0.2) is 17.5 Å². The number of Topliss-reactive ketones (excluding diaryl/α,β-unsaturated/α-hetero) is 1. The van der Waals surface area contributed by atoms with Crippen LogP contribution < -0.4 is 5.32 Å². The number of hydrogen-bond donors (Lipinski definition) is 1. The zero-order chi connectivity index (χ0) is 17.3. The van der Waals surface area contributed by atoms with Crippen LogP contribution in [0.15, 0.2) is 12.1 Å². The van der Waals surface area contributed by atoms with Crippen LogP contribution in [0.4, 0.5) is 18.9 Å². The third-order valence-corrected chi connectivity index (χ3v) is 3.91. The first-order valence-corrected chi connectivity index (χ1v) is 6.99. The quantitative estimate of drug-likeness (QED) is 0.680. The standard InChI is InChI=1S/C15H15F3N2O3/c1-7-10(3-4-20(7)15(23)8(2)21)14(22)19-9-5-11(16)13(18)12(17)6-9/h5-7,10H,3-4H2,1-2H3,(H,19,22)/t7-,10-/m0/s1. The second kappa shape index (κ2) is 6.39. The Balaban J connectivity index is 2.10. The predicted molar refractivity (Wildman–Crippen MR) is 74.9 cm³/mol. The third kappa shape index (κ3) is 3.35. The van der Waals surface area contributed by atoms with E-state index in [-0.39, 0.29) is 12.2 Å². The van der Waals surface area contributed by atoms with Crippen LogP contribution in [0, 0.1) is 23.4 Å². The molecule has 1 aliphatic heterocycles. The monoisotopic (exact) mass is 328 g/mol. The number of benzene rings is 1. The number of rotatable bonds is 3. The highest BCUT2D eigenvalue weighted by atomic mass is 19.2. The van der Waals surface area contributed by atoms with Gasteiger partial charge in [-0.05, 0) is 13.3 Å². The molecule has 8 heteroatoms. The Kier molecular flexibility index (Phi) is 4.72. The lowest BCUT2D eigenvalue weighted by molar-refractivity contribution is -0.144. The van der Waals surface area contributed by atoms with Gasteiger partial charge in [-0.1, -0.05) is 0 Å². The van der Waals surface area contributed by atoms with Crippen molar-refractivity contribution in [1.29, 1.82) is 0 Å². The Morgan fingerprint density at radius 2 is 1.74 bits per heavy atom. The molecule has 23 heavy (non-hydrogen) atoms. The first kappa shape index (κ1) is 17.0. The molecule has 2 amide bonds. The Morgan fingerprint density at radius 1 is 1.17 bits per heavy atom. The Morgan fingerprint density at radius 3 is 2.26 bits per heavy atom. The molecular weight excluding hydrogens is 313 g/mol. The van der Waals surface area contributed by atoms with Crippen molar-refractivity contribution in [2.45, 2.75) is 26.3 Å². The minimum absolute atomic E-state index is 0.213. The van der Waals surface area contributed by atoms with Crippen molar-refractivity contribution in [3.63, 3.8) is 0 Å². The van der Waals surface area contributed by atoms with Crippen molar-refractivity contribution < 1.29 is 27.6 Å². The molecular formula is C15H15F3N2O3. The van der Waals surface area contributed by atoms with Crippen LogP contribution in [-0.4, -0.2) is 35.1 Å². The maximum absolute atomic E-state index is 13.1. The van der Waals surface area contributed by atoms with E-state index in [2.05, 4.69) is 5.32 Å². The highest BCUT2D eigenvalue weighted by molar-refractivity contribution is 6.35. The van der Waals surface area contributed by atoms with Gasteiger partial charge >= 0.3 is 0 Å². The van der Waals surface area contributed by atoms with Gasteiger partial charge < -0.3 is 10.2 Å². The number of ketones is 1. The van der Waals surface area contributed by atoms with Crippen LogP contribution >= 0.6 is 0 Å². The number of hydrogen-bond acceptors (Lipinski definition) is 3. The molecule has 0 unspecified atom stereocenters. The van der Waals surface area contributed by atoms with Crippen LogP contribution in [0.2, 0.25) is 0 Å². The zero-order valence-electron chi connectivity index (χ0n) is 12.5. The second-order valence-corrected chi connectivity index (χ2v) is 5.43. The van der Waals surface area contributed by atoms with E-state index in [1.165, 1.54) is 4.90 Å². The molecule has 0 aromatic heterocycles. The summed E-state index contributed by atoms with van der Waals surface area (Å²) in [5.41, 5.74) is -0.213. The van der Waals surface area contributed by atoms with Gasteiger partial charge in [0.1, 0.15) is 0 Å². The Hall–Kier alpha value is -2.38. The van der Waals surface area contributed by atoms with Gasteiger partial charge in [-0.3, -0.25) is 14.4 Å². The maximum Gasteiger partial charge on any atom is 0.289 e. The molecule has 1 aromatic rings. The van der Waals surface area contributed by atoms with Crippen LogP contribution in [-0.2, 0) is 14.4 Å². The van der Waals surface area contributed by atoms with Gasteiger partial charge in [-0.25, -0.2) is 13.2 Å². The summed E-state index contributed by atoms with van der Waals surface area (Å²) < 4.78 is 39.2. The van der Waals surface area contributed by atoms with Crippen molar-refractivity contribution in [3.8, 4) is 0 Å². The fourth-order valence-electron chi connectivity index (χ4n) is 2.64. The van der Waals surface area contributed by atoms with E-state index in [9.17, 15) is 27.6 Å². The number of likely N-dealkylation sites (tertiary alicyclic amines) is 1. The first-order valence-electron chi connectivity index (χ1n) is 6.99. The van der Waals surface area contributed by atoms with Crippen molar-refractivity contribution in [2.75, 3.05) is 11.9 Å². The van der Waals surface area contributed by atoms with E-state index in [0.29, 0.717) is 18.6 Å². The molecule has 1 aromatic carbocycles. The largest absolute Gasteiger partial charge is 0.333 e. The molecule has 0 radical (unpaired) electrons. The Bertz CT molecular complexity index is 655. The van der Waals surface area contributed by atoms with E-state index in [4.69, 9.17) is 0 Å². The lowest BCUT2D eigenvalue weighted by Crippen LogP contribution is -2.41. The summed E-state index contributed by atoms with van der Waals surface area (Å²) in [5.74, 6) is -6.92. The van der Waals surface area contributed by atoms with Crippen molar-refractivity contribution in [3.05, 3.63) is 29.6 Å². The van der Waals surface area contributed by atoms with Gasteiger partial charge in [0.05, 0.1) is 5.92 Å². The van der Waals surface area contributed by atoms with E-state index in [1.807, 2.05) is 0 Å². The summed E-state index contributed by atoms with van der Waals surface area (Å²) in [6, 6.07) is 0.824. The topological polar surface area (TPSA) is 66.5 Å². The average molecular weight is 328 g/mol. The third-order valence-electron chi connectivity index (χ3n) is 3.91. The van der Waals surface area contributed by atoms with E-state index in [1.54, 1.807) is 6.92 Å². The van der Waals surface area contributed by atoms with Gasteiger partial charge in [0, 0.05) is 37.3 Å². The zero-order valence-corrected chi connectivity index (χ0v) is 12.5. The van der Waals surface area contributed by atoms with Crippen molar-refractivity contribution >= 4 is 23.3 Å². The van der Waals surface area contributed by atoms with Crippen molar-refractivity contribution in [1.82, 2.24) is 4.90 Å².